The van der Waals surface area contributed by atoms with Crippen LogP contribution in [0.2, 0.25) is 5.02 Å². The number of nitrogens with one attached hydrogen (secondary N) is 1. The molecule has 0 spiro atoms. The average molecular weight is 239 g/mol. The van der Waals surface area contributed by atoms with Crippen LogP contribution in [0.4, 0.5) is 0 Å². The van der Waals surface area contributed by atoms with Crippen LogP contribution in [0.5, 0.6) is 0 Å². The lowest BCUT2D eigenvalue weighted by Crippen LogP contribution is -2.27. The van der Waals surface area contributed by atoms with Crippen molar-refractivity contribution >= 4 is 17.4 Å². The minimum Gasteiger partial charge on any atom is -0.369 e. The van der Waals surface area contributed by atoms with Crippen molar-refractivity contribution in [3.63, 3.8) is 0 Å². The van der Waals surface area contributed by atoms with Crippen molar-refractivity contribution in [1.82, 2.24) is 5.32 Å². The number of rotatable bonds is 4. The van der Waals surface area contributed by atoms with Gasteiger partial charge in [-0.2, -0.15) is 0 Å². The second-order valence-corrected chi connectivity index (χ2v) is 3.96. The Bertz CT molecular complexity index is 392. The van der Waals surface area contributed by atoms with Crippen LogP contribution in [0.25, 0.3) is 0 Å². The van der Waals surface area contributed by atoms with E-state index in [1.807, 2.05) is 31.2 Å². The molecule has 0 radical (unpaired) electrons. The van der Waals surface area contributed by atoms with Crippen LogP contribution >= 0.6 is 11.6 Å². The first-order valence-corrected chi connectivity index (χ1v) is 5.85. The van der Waals surface area contributed by atoms with Gasteiger partial charge in [-0.15, -0.1) is 0 Å². The topological polar surface area (TPSA) is 33.6 Å². The second-order valence-electron chi connectivity index (χ2n) is 3.55. The van der Waals surface area contributed by atoms with E-state index < -0.39 is 0 Å². The zero-order valence-electron chi connectivity index (χ0n) is 9.24. The molecule has 1 aliphatic rings. The Morgan fingerprint density at radius 1 is 1.50 bits per heavy atom. The van der Waals surface area contributed by atoms with Crippen LogP contribution in [-0.4, -0.2) is 25.5 Å². The fourth-order valence-corrected chi connectivity index (χ4v) is 2.00. The summed E-state index contributed by atoms with van der Waals surface area (Å²) >= 11 is 6.17. The number of nitrogens with zero attached hydrogens (tertiary/aromatic N) is 1. The Labute approximate surface area is 100 Å². The number of aliphatic imine (C=N–C) groups is 1. The zero-order valence-corrected chi connectivity index (χ0v) is 10.00. The Morgan fingerprint density at radius 2 is 2.31 bits per heavy atom. The number of ether oxygens (including phenoxy) is 1. The third kappa shape index (κ3) is 2.36. The van der Waals surface area contributed by atoms with Crippen LogP contribution in [0.1, 0.15) is 18.6 Å². The number of amidine groups is 1. The fraction of sp³-hybridized carbons (Fsp3) is 0.417. The molecule has 0 bridgehead atoms. The van der Waals surface area contributed by atoms with E-state index in [1.54, 1.807) is 0 Å². The van der Waals surface area contributed by atoms with Crippen LogP contribution < -0.4 is 5.32 Å². The summed E-state index contributed by atoms with van der Waals surface area (Å²) in [6.07, 6.45) is -0.166. The van der Waals surface area contributed by atoms with Crippen molar-refractivity contribution in [2.75, 3.05) is 19.7 Å². The van der Waals surface area contributed by atoms with E-state index in [0.717, 1.165) is 29.5 Å². The van der Waals surface area contributed by atoms with Gasteiger partial charge < -0.3 is 10.1 Å². The third-order valence-corrected chi connectivity index (χ3v) is 2.81. The predicted molar refractivity (Wildman–Crippen MR) is 66.1 cm³/mol. The normalized spacial score (nSPS) is 16.8. The van der Waals surface area contributed by atoms with Crippen molar-refractivity contribution in [3.05, 3.63) is 34.9 Å². The van der Waals surface area contributed by atoms with Crippen molar-refractivity contribution < 1.29 is 4.74 Å². The van der Waals surface area contributed by atoms with Crippen molar-refractivity contribution in [2.24, 2.45) is 4.99 Å². The Morgan fingerprint density at radius 3 is 2.94 bits per heavy atom. The highest BCUT2D eigenvalue weighted by molar-refractivity contribution is 6.31. The van der Waals surface area contributed by atoms with E-state index in [2.05, 4.69) is 10.3 Å². The molecule has 1 aromatic carbocycles. The van der Waals surface area contributed by atoms with E-state index >= 15 is 0 Å². The highest BCUT2D eigenvalue weighted by Gasteiger charge is 2.22. The maximum Gasteiger partial charge on any atom is 0.141 e. The van der Waals surface area contributed by atoms with Crippen molar-refractivity contribution in [2.45, 2.75) is 13.0 Å². The molecule has 1 N–H and O–H groups in total. The molecule has 1 aliphatic heterocycles. The quantitative estimate of drug-likeness (QED) is 0.874. The molecule has 1 atom stereocenters. The van der Waals surface area contributed by atoms with Gasteiger partial charge in [-0.3, -0.25) is 4.99 Å². The first kappa shape index (κ1) is 11.4. The van der Waals surface area contributed by atoms with Crippen molar-refractivity contribution in [3.8, 4) is 0 Å². The molecule has 0 fully saturated rings. The largest absolute Gasteiger partial charge is 0.369 e. The highest BCUT2D eigenvalue weighted by Crippen LogP contribution is 2.26. The van der Waals surface area contributed by atoms with Crippen LogP contribution in [0.15, 0.2) is 29.3 Å². The first-order valence-electron chi connectivity index (χ1n) is 5.47. The second kappa shape index (κ2) is 5.32. The predicted octanol–water partition coefficient (Wildman–Crippen LogP) is 2.42. The molecule has 0 aromatic heterocycles. The molecule has 0 saturated carbocycles. The molecule has 0 amide bonds. The van der Waals surface area contributed by atoms with Gasteiger partial charge in [0.15, 0.2) is 0 Å². The van der Waals surface area contributed by atoms with E-state index in [0.29, 0.717) is 6.61 Å². The first-order chi connectivity index (χ1) is 7.83. The minimum absolute atomic E-state index is 0.166. The van der Waals surface area contributed by atoms with Gasteiger partial charge in [0.05, 0.1) is 6.54 Å². The molecule has 16 heavy (non-hydrogen) atoms. The Balaban J connectivity index is 2.28. The van der Waals surface area contributed by atoms with Gasteiger partial charge in [-0.05, 0) is 13.0 Å². The lowest BCUT2D eigenvalue weighted by molar-refractivity contribution is 0.108. The lowest BCUT2D eigenvalue weighted by atomic mass is 10.1. The molecular weight excluding hydrogens is 224 g/mol. The summed E-state index contributed by atoms with van der Waals surface area (Å²) in [6, 6.07) is 7.73. The van der Waals surface area contributed by atoms with Crippen LogP contribution in [0, 0.1) is 0 Å². The molecule has 2 rings (SSSR count). The Hall–Kier alpha value is -1.06. The highest BCUT2D eigenvalue weighted by atomic mass is 35.5. The van der Waals surface area contributed by atoms with Gasteiger partial charge in [-0.1, -0.05) is 29.8 Å². The average Bonchev–Trinajstić information content (AvgIpc) is 2.80. The summed E-state index contributed by atoms with van der Waals surface area (Å²) in [4.78, 5) is 4.39. The third-order valence-electron chi connectivity index (χ3n) is 2.47. The molecule has 4 heteroatoms. The van der Waals surface area contributed by atoms with E-state index in [4.69, 9.17) is 16.3 Å². The molecule has 3 nitrogen and oxygen atoms in total. The van der Waals surface area contributed by atoms with Crippen LogP contribution in [-0.2, 0) is 4.74 Å². The van der Waals surface area contributed by atoms with Gasteiger partial charge >= 0.3 is 0 Å². The van der Waals surface area contributed by atoms with Gasteiger partial charge in [0.25, 0.3) is 0 Å². The number of benzene rings is 1. The maximum absolute atomic E-state index is 6.17. The van der Waals surface area contributed by atoms with Gasteiger partial charge in [0.2, 0.25) is 0 Å². The Kier molecular flexibility index (Phi) is 3.80. The maximum atomic E-state index is 6.17. The molecule has 0 aliphatic carbocycles. The standard InChI is InChI=1S/C12H15ClN2O/c1-2-16-11(12-14-7-8-15-12)9-5-3-4-6-10(9)13/h3-6,11H,2,7-8H2,1H3,(H,14,15). The summed E-state index contributed by atoms with van der Waals surface area (Å²) in [7, 11) is 0. The SMILES string of the molecule is CCOC(C1=NCCN1)c1ccccc1Cl. The number of halogens is 1. The van der Waals surface area contributed by atoms with Gasteiger partial charge in [0.1, 0.15) is 11.9 Å². The summed E-state index contributed by atoms with van der Waals surface area (Å²) in [5.41, 5.74) is 0.971. The van der Waals surface area contributed by atoms with Gasteiger partial charge in [0, 0.05) is 23.7 Å². The van der Waals surface area contributed by atoms with E-state index in [-0.39, 0.29) is 6.10 Å². The lowest BCUT2D eigenvalue weighted by Gasteiger charge is -2.18. The summed E-state index contributed by atoms with van der Waals surface area (Å²) in [5.74, 6) is 0.884. The minimum atomic E-state index is -0.166. The monoisotopic (exact) mass is 238 g/mol. The fourth-order valence-electron chi connectivity index (χ4n) is 1.76. The van der Waals surface area contributed by atoms with Crippen LogP contribution in [0.3, 0.4) is 0 Å². The number of hydrogen-bond acceptors (Lipinski definition) is 3. The summed E-state index contributed by atoms with van der Waals surface area (Å²) < 4.78 is 5.72. The molecule has 1 unspecified atom stereocenters. The smallest absolute Gasteiger partial charge is 0.141 e. The van der Waals surface area contributed by atoms with Crippen molar-refractivity contribution in [1.29, 1.82) is 0 Å². The molecular formula is C12H15ClN2O. The van der Waals surface area contributed by atoms with Gasteiger partial charge in [-0.25, -0.2) is 0 Å². The summed E-state index contributed by atoms with van der Waals surface area (Å²) in [6.45, 7) is 4.29. The molecule has 0 saturated heterocycles. The van der Waals surface area contributed by atoms with E-state index in [9.17, 15) is 0 Å². The number of hydrogen-bond donors (Lipinski definition) is 1. The van der Waals surface area contributed by atoms with E-state index in [1.165, 1.54) is 0 Å². The molecule has 1 aromatic rings. The summed E-state index contributed by atoms with van der Waals surface area (Å²) in [5, 5.41) is 3.95. The zero-order chi connectivity index (χ0) is 11.4. The molecule has 86 valence electrons. The molecule has 1 heterocycles.